The number of aliphatic hydroxyl groups excluding tert-OH is 1. The summed E-state index contributed by atoms with van der Waals surface area (Å²) in [5.74, 6) is -3.21. The highest BCUT2D eigenvalue weighted by molar-refractivity contribution is 5.84. The molecule has 0 amide bonds. The van der Waals surface area contributed by atoms with Crippen molar-refractivity contribution in [3.63, 3.8) is 0 Å². The Morgan fingerprint density at radius 2 is 2.00 bits per heavy atom. The van der Waals surface area contributed by atoms with Crippen LogP contribution in [0.25, 0.3) is 6.08 Å². The van der Waals surface area contributed by atoms with Gasteiger partial charge in [-0.2, -0.15) is 0 Å². The normalized spacial score (nSPS) is 38.7. The number of benzene rings is 1. The number of hydrogen-bond acceptors (Lipinski definition) is 6. The molecule has 4 atom stereocenters. The molecule has 2 aliphatic heterocycles. The van der Waals surface area contributed by atoms with Crippen molar-refractivity contribution in [2.75, 3.05) is 6.61 Å². The molecule has 0 radical (unpaired) electrons. The molecule has 1 aromatic rings. The zero-order chi connectivity index (χ0) is 15.1. The number of esters is 1. The molecule has 2 aliphatic rings. The van der Waals surface area contributed by atoms with E-state index in [0.717, 1.165) is 5.56 Å². The van der Waals surface area contributed by atoms with Crippen molar-refractivity contribution in [1.29, 1.82) is 0 Å². The summed E-state index contributed by atoms with van der Waals surface area (Å²) in [4.78, 5) is 11.8. The minimum atomic E-state index is -2.22. The van der Waals surface area contributed by atoms with Gasteiger partial charge in [0.15, 0.2) is 6.10 Å². The molecule has 0 saturated carbocycles. The van der Waals surface area contributed by atoms with E-state index in [9.17, 15) is 20.1 Å². The van der Waals surface area contributed by atoms with Crippen LogP contribution >= 0.6 is 0 Å². The van der Waals surface area contributed by atoms with E-state index < -0.39 is 29.6 Å². The lowest BCUT2D eigenvalue weighted by Gasteiger charge is -2.30. The number of ether oxygens (including phenoxy) is 2. The summed E-state index contributed by atoms with van der Waals surface area (Å²) in [6.07, 6.45) is 0.685. The van der Waals surface area contributed by atoms with E-state index in [1.165, 1.54) is 0 Å². The van der Waals surface area contributed by atoms with Gasteiger partial charge in [-0.15, -0.1) is 0 Å². The van der Waals surface area contributed by atoms with Gasteiger partial charge in [0.2, 0.25) is 11.4 Å². The highest BCUT2D eigenvalue weighted by atomic mass is 16.7. The van der Waals surface area contributed by atoms with E-state index in [2.05, 4.69) is 0 Å². The molecule has 0 bridgehead atoms. The Balaban J connectivity index is 1.80. The van der Waals surface area contributed by atoms with Crippen molar-refractivity contribution in [2.45, 2.75) is 30.0 Å². The van der Waals surface area contributed by atoms with Crippen LogP contribution in [0.3, 0.4) is 0 Å². The van der Waals surface area contributed by atoms with Gasteiger partial charge in [0, 0.05) is 6.42 Å². The van der Waals surface area contributed by atoms with Crippen molar-refractivity contribution in [3.05, 3.63) is 42.0 Å². The van der Waals surface area contributed by atoms with Crippen molar-refractivity contribution < 1.29 is 29.6 Å². The number of carbonyl (C=O) groups excluding carboxylic acids is 1. The van der Waals surface area contributed by atoms with Crippen LogP contribution in [0.2, 0.25) is 0 Å². The highest BCUT2D eigenvalue weighted by Gasteiger charge is 2.72. The summed E-state index contributed by atoms with van der Waals surface area (Å²) in [6.45, 7) is -0.195. The van der Waals surface area contributed by atoms with Crippen LogP contribution in [-0.2, 0) is 14.3 Å². The Kier molecular flexibility index (Phi) is 3.33. The van der Waals surface area contributed by atoms with Crippen LogP contribution in [0.15, 0.2) is 36.4 Å². The van der Waals surface area contributed by atoms with Crippen molar-refractivity contribution in [3.8, 4) is 0 Å². The molecule has 1 aromatic carbocycles. The molecule has 3 N–H and O–H groups in total. The lowest BCUT2D eigenvalue weighted by molar-refractivity contribution is -0.261. The zero-order valence-corrected chi connectivity index (χ0v) is 11.2. The molecule has 0 aliphatic carbocycles. The number of carbonyl (C=O) groups is 1. The van der Waals surface area contributed by atoms with Crippen LogP contribution in [0.1, 0.15) is 12.0 Å². The summed E-state index contributed by atoms with van der Waals surface area (Å²) < 4.78 is 9.91. The fourth-order valence-corrected chi connectivity index (χ4v) is 2.67. The Bertz CT molecular complexity index is 571. The third kappa shape index (κ3) is 2.08. The third-order valence-electron chi connectivity index (χ3n) is 3.90. The van der Waals surface area contributed by atoms with Crippen molar-refractivity contribution in [1.82, 2.24) is 0 Å². The summed E-state index contributed by atoms with van der Waals surface area (Å²) in [6, 6.07) is 9.32. The molecule has 0 spiro atoms. The first-order valence-electron chi connectivity index (χ1n) is 6.67. The Morgan fingerprint density at radius 3 is 2.71 bits per heavy atom. The SMILES string of the molecule is O=C1O[C@@H]2[C@@H](O)CO[C@]2(O)[C@@]1(O)C/C=C/c1ccccc1. The molecule has 0 unspecified atom stereocenters. The summed E-state index contributed by atoms with van der Waals surface area (Å²) >= 11 is 0. The van der Waals surface area contributed by atoms with Crippen LogP contribution in [0.5, 0.6) is 0 Å². The Labute approximate surface area is 121 Å². The summed E-state index contributed by atoms with van der Waals surface area (Å²) in [5, 5.41) is 30.5. The van der Waals surface area contributed by atoms with Crippen molar-refractivity contribution >= 4 is 12.0 Å². The monoisotopic (exact) mass is 292 g/mol. The molecular weight excluding hydrogens is 276 g/mol. The number of hydrogen-bond donors (Lipinski definition) is 3. The fourth-order valence-electron chi connectivity index (χ4n) is 2.67. The maximum absolute atomic E-state index is 11.8. The van der Waals surface area contributed by atoms with Crippen molar-refractivity contribution in [2.24, 2.45) is 0 Å². The maximum atomic E-state index is 11.8. The van der Waals surface area contributed by atoms with Gasteiger partial charge < -0.3 is 24.8 Å². The van der Waals surface area contributed by atoms with Crippen LogP contribution in [-0.4, -0.2) is 51.5 Å². The molecule has 0 aromatic heterocycles. The maximum Gasteiger partial charge on any atom is 0.344 e. The van der Waals surface area contributed by atoms with Gasteiger partial charge in [-0.05, 0) is 5.56 Å². The third-order valence-corrected chi connectivity index (χ3v) is 3.90. The predicted molar refractivity (Wildman–Crippen MR) is 71.8 cm³/mol. The molecule has 2 fully saturated rings. The average Bonchev–Trinajstić information content (AvgIpc) is 2.87. The molecule has 3 rings (SSSR count). The average molecular weight is 292 g/mol. The van der Waals surface area contributed by atoms with E-state index in [-0.39, 0.29) is 13.0 Å². The first-order valence-corrected chi connectivity index (χ1v) is 6.67. The van der Waals surface area contributed by atoms with E-state index in [4.69, 9.17) is 9.47 Å². The second kappa shape index (κ2) is 4.92. The second-order valence-electron chi connectivity index (χ2n) is 5.28. The summed E-state index contributed by atoms with van der Waals surface area (Å²) in [7, 11) is 0. The first kappa shape index (κ1) is 14.2. The fraction of sp³-hybridized carbons (Fsp3) is 0.400. The first-order chi connectivity index (χ1) is 9.97. The van der Waals surface area contributed by atoms with Gasteiger partial charge in [0.1, 0.15) is 6.10 Å². The highest BCUT2D eigenvalue weighted by Crippen LogP contribution is 2.44. The van der Waals surface area contributed by atoms with Gasteiger partial charge in [0.25, 0.3) is 0 Å². The molecule has 6 heteroatoms. The smallest absolute Gasteiger partial charge is 0.344 e. The molecule has 2 saturated heterocycles. The van der Waals surface area contributed by atoms with Crippen LogP contribution in [0, 0.1) is 0 Å². The van der Waals surface area contributed by atoms with Gasteiger partial charge in [-0.1, -0.05) is 42.5 Å². The molecule has 112 valence electrons. The molecule has 2 heterocycles. The summed E-state index contributed by atoms with van der Waals surface area (Å²) in [5.41, 5.74) is -1.33. The van der Waals surface area contributed by atoms with Gasteiger partial charge >= 0.3 is 5.97 Å². The van der Waals surface area contributed by atoms with E-state index >= 15 is 0 Å². The Hall–Kier alpha value is -1.73. The largest absolute Gasteiger partial charge is 0.451 e. The quantitative estimate of drug-likeness (QED) is 0.669. The Morgan fingerprint density at radius 1 is 1.29 bits per heavy atom. The van der Waals surface area contributed by atoms with E-state index in [1.54, 1.807) is 12.2 Å². The lowest BCUT2D eigenvalue weighted by Crippen LogP contribution is -2.57. The van der Waals surface area contributed by atoms with Gasteiger partial charge in [-0.3, -0.25) is 0 Å². The topological polar surface area (TPSA) is 96.2 Å². The minimum Gasteiger partial charge on any atom is -0.451 e. The van der Waals surface area contributed by atoms with Crippen LogP contribution < -0.4 is 0 Å². The zero-order valence-electron chi connectivity index (χ0n) is 11.2. The van der Waals surface area contributed by atoms with E-state index in [0.29, 0.717) is 0 Å². The predicted octanol–water partition coefficient (Wildman–Crippen LogP) is -0.174. The number of aliphatic hydroxyl groups is 3. The van der Waals surface area contributed by atoms with Gasteiger partial charge in [0.05, 0.1) is 6.61 Å². The standard InChI is InChI=1S/C15H16O6/c16-11-9-20-15(19)12(11)21-13(17)14(15,18)8-4-7-10-5-2-1-3-6-10/h1-7,11-12,16,18-19H,8-9H2/b7-4+/t11-,12+,14+,15-/m0/s1. The van der Waals surface area contributed by atoms with Crippen LogP contribution in [0.4, 0.5) is 0 Å². The second-order valence-corrected chi connectivity index (χ2v) is 5.28. The molecule has 6 nitrogen and oxygen atoms in total. The van der Waals surface area contributed by atoms with Gasteiger partial charge in [-0.25, -0.2) is 4.79 Å². The number of rotatable bonds is 3. The molecule has 21 heavy (non-hydrogen) atoms. The van der Waals surface area contributed by atoms with E-state index in [1.807, 2.05) is 30.3 Å². The number of fused-ring (bicyclic) bond motifs is 1. The lowest BCUT2D eigenvalue weighted by atomic mass is 9.88. The minimum absolute atomic E-state index is 0.180. The molecular formula is C15H16O6.